The van der Waals surface area contributed by atoms with Crippen LogP contribution in [-0.2, 0) is 0 Å². The summed E-state index contributed by atoms with van der Waals surface area (Å²) in [6.45, 7) is 1.98. The first-order valence-corrected chi connectivity index (χ1v) is 4.78. The van der Waals surface area contributed by atoms with Crippen LogP contribution in [0.15, 0.2) is 30.7 Å². The van der Waals surface area contributed by atoms with Crippen molar-refractivity contribution in [3.8, 4) is 11.1 Å². The molecule has 3 aromatic rings. The van der Waals surface area contributed by atoms with Crippen molar-refractivity contribution in [2.45, 2.75) is 6.92 Å². The lowest BCUT2D eigenvalue weighted by molar-refractivity contribution is 1.05. The quantitative estimate of drug-likeness (QED) is 0.630. The van der Waals surface area contributed by atoms with Gasteiger partial charge in [-0.2, -0.15) is 5.10 Å². The fraction of sp³-hybridized carbons (Fsp3) is 0.0909. The molecule has 4 nitrogen and oxygen atoms in total. The van der Waals surface area contributed by atoms with Crippen LogP contribution in [0.25, 0.3) is 22.2 Å². The molecule has 2 N–H and O–H groups in total. The topological polar surface area (TPSA) is 57.4 Å². The zero-order chi connectivity index (χ0) is 10.3. The van der Waals surface area contributed by atoms with Gasteiger partial charge in [0.1, 0.15) is 5.65 Å². The molecule has 3 aromatic heterocycles. The van der Waals surface area contributed by atoms with Crippen LogP contribution >= 0.6 is 0 Å². The number of aryl methyl sites for hydroxylation is 1. The molecule has 0 atom stereocenters. The highest BCUT2D eigenvalue weighted by molar-refractivity contribution is 5.81. The molecule has 4 heteroatoms. The molecule has 0 bridgehead atoms. The Morgan fingerprint density at radius 1 is 1.33 bits per heavy atom. The van der Waals surface area contributed by atoms with E-state index in [9.17, 15) is 0 Å². The molecule has 0 spiro atoms. The van der Waals surface area contributed by atoms with E-state index < -0.39 is 0 Å². The van der Waals surface area contributed by atoms with E-state index in [2.05, 4.69) is 26.2 Å². The summed E-state index contributed by atoms with van der Waals surface area (Å²) in [6.07, 6.45) is 5.64. The number of aromatic nitrogens is 4. The van der Waals surface area contributed by atoms with Crippen LogP contribution in [0.4, 0.5) is 0 Å². The van der Waals surface area contributed by atoms with Crippen molar-refractivity contribution in [1.82, 2.24) is 20.2 Å². The van der Waals surface area contributed by atoms with Gasteiger partial charge in [0.15, 0.2) is 0 Å². The molecular weight excluding hydrogens is 188 g/mol. The van der Waals surface area contributed by atoms with Crippen molar-refractivity contribution >= 4 is 11.0 Å². The predicted molar refractivity (Wildman–Crippen MR) is 58.4 cm³/mol. The van der Waals surface area contributed by atoms with Crippen LogP contribution in [0, 0.1) is 6.92 Å². The van der Waals surface area contributed by atoms with Crippen molar-refractivity contribution in [1.29, 1.82) is 0 Å². The molecule has 3 rings (SSSR count). The summed E-state index contributed by atoms with van der Waals surface area (Å²) in [5, 5.41) is 8.07. The number of pyridine rings is 1. The second-order valence-corrected chi connectivity index (χ2v) is 3.52. The van der Waals surface area contributed by atoms with E-state index in [-0.39, 0.29) is 0 Å². The van der Waals surface area contributed by atoms with Crippen molar-refractivity contribution in [3.63, 3.8) is 0 Å². The Hall–Kier alpha value is -2.10. The minimum atomic E-state index is 0.917. The third kappa shape index (κ3) is 1.22. The molecule has 0 saturated carbocycles. The van der Waals surface area contributed by atoms with Crippen LogP contribution in [0.5, 0.6) is 0 Å². The number of aromatic amines is 2. The number of hydrogen-bond donors (Lipinski definition) is 2. The van der Waals surface area contributed by atoms with Crippen molar-refractivity contribution in [2.75, 3.05) is 0 Å². The first-order chi connectivity index (χ1) is 7.34. The molecule has 0 aromatic carbocycles. The van der Waals surface area contributed by atoms with Gasteiger partial charge in [0.25, 0.3) is 0 Å². The summed E-state index contributed by atoms with van der Waals surface area (Å²) in [5.74, 6) is 0. The average molecular weight is 198 g/mol. The highest BCUT2D eigenvalue weighted by atomic mass is 15.1. The molecule has 0 aliphatic carbocycles. The van der Waals surface area contributed by atoms with Gasteiger partial charge >= 0.3 is 0 Å². The van der Waals surface area contributed by atoms with Gasteiger partial charge < -0.3 is 4.98 Å². The predicted octanol–water partition coefficient (Wildman–Crippen LogP) is 2.26. The second kappa shape index (κ2) is 2.95. The standard InChI is InChI=1S/C11H10N4/c1-7-10(6-14-15-7)9-4-8-2-3-12-11(8)13-5-9/h2-6H,1H3,(H,12,13)(H,14,15). The fourth-order valence-corrected chi connectivity index (χ4v) is 1.74. The largest absolute Gasteiger partial charge is 0.346 e. The molecule has 0 aliphatic rings. The molecule has 0 unspecified atom stereocenters. The Morgan fingerprint density at radius 2 is 2.27 bits per heavy atom. The van der Waals surface area contributed by atoms with Gasteiger partial charge in [0.2, 0.25) is 0 Å². The number of hydrogen-bond acceptors (Lipinski definition) is 2. The monoisotopic (exact) mass is 198 g/mol. The highest BCUT2D eigenvalue weighted by Crippen LogP contribution is 2.23. The van der Waals surface area contributed by atoms with Gasteiger partial charge in [-0.3, -0.25) is 5.10 Å². The van der Waals surface area contributed by atoms with Crippen molar-refractivity contribution in [3.05, 3.63) is 36.4 Å². The summed E-state index contributed by atoms with van der Waals surface area (Å²) < 4.78 is 0. The van der Waals surface area contributed by atoms with Crippen molar-refractivity contribution < 1.29 is 0 Å². The van der Waals surface area contributed by atoms with E-state index in [1.165, 1.54) is 0 Å². The summed E-state index contributed by atoms with van der Waals surface area (Å²) in [4.78, 5) is 7.41. The number of nitrogens with zero attached hydrogens (tertiary/aromatic N) is 2. The lowest BCUT2D eigenvalue weighted by Gasteiger charge is -1.98. The van der Waals surface area contributed by atoms with Crippen LogP contribution in [-0.4, -0.2) is 20.2 Å². The lowest BCUT2D eigenvalue weighted by atomic mass is 10.1. The fourth-order valence-electron chi connectivity index (χ4n) is 1.74. The van der Waals surface area contributed by atoms with E-state index in [0.717, 1.165) is 27.9 Å². The molecule has 0 amide bonds. The molecule has 0 radical (unpaired) electrons. The Balaban J connectivity index is 2.23. The van der Waals surface area contributed by atoms with Crippen molar-refractivity contribution in [2.24, 2.45) is 0 Å². The Bertz CT molecular complexity index is 606. The molecular formula is C11H10N4. The third-order valence-corrected chi connectivity index (χ3v) is 2.54. The second-order valence-electron chi connectivity index (χ2n) is 3.52. The lowest BCUT2D eigenvalue weighted by Crippen LogP contribution is -1.82. The average Bonchev–Trinajstić information content (AvgIpc) is 2.84. The van der Waals surface area contributed by atoms with Gasteiger partial charge in [-0.1, -0.05) is 0 Å². The molecule has 15 heavy (non-hydrogen) atoms. The summed E-state index contributed by atoms with van der Waals surface area (Å²) in [5.41, 5.74) is 4.10. The van der Waals surface area contributed by atoms with Gasteiger partial charge in [-0.05, 0) is 19.1 Å². The summed E-state index contributed by atoms with van der Waals surface area (Å²) >= 11 is 0. The van der Waals surface area contributed by atoms with E-state index >= 15 is 0 Å². The van der Waals surface area contributed by atoms with E-state index in [1.807, 2.05) is 31.6 Å². The highest BCUT2D eigenvalue weighted by Gasteiger charge is 2.05. The normalized spacial score (nSPS) is 11.0. The Morgan fingerprint density at radius 3 is 3.07 bits per heavy atom. The van der Waals surface area contributed by atoms with Crippen LogP contribution in [0.2, 0.25) is 0 Å². The van der Waals surface area contributed by atoms with E-state index in [4.69, 9.17) is 0 Å². The number of H-pyrrole nitrogens is 2. The third-order valence-electron chi connectivity index (χ3n) is 2.54. The molecule has 0 aliphatic heterocycles. The smallest absolute Gasteiger partial charge is 0.137 e. The first-order valence-electron chi connectivity index (χ1n) is 4.78. The van der Waals surface area contributed by atoms with Crippen LogP contribution in [0.3, 0.4) is 0 Å². The number of fused-ring (bicyclic) bond motifs is 1. The first kappa shape index (κ1) is 8.23. The SMILES string of the molecule is Cc1n[nH]cc1-c1cnc2[nH]ccc2c1. The van der Waals surface area contributed by atoms with E-state index in [0.29, 0.717) is 0 Å². The minimum Gasteiger partial charge on any atom is -0.346 e. The minimum absolute atomic E-state index is 0.917. The molecule has 0 saturated heterocycles. The van der Waals surface area contributed by atoms with Gasteiger partial charge in [0.05, 0.1) is 5.69 Å². The van der Waals surface area contributed by atoms with Crippen LogP contribution < -0.4 is 0 Å². The summed E-state index contributed by atoms with van der Waals surface area (Å²) in [6, 6.07) is 4.12. The zero-order valence-corrected chi connectivity index (χ0v) is 8.28. The molecule has 74 valence electrons. The van der Waals surface area contributed by atoms with E-state index in [1.54, 1.807) is 0 Å². The number of rotatable bonds is 1. The Labute approximate surface area is 86.4 Å². The maximum absolute atomic E-state index is 4.34. The maximum atomic E-state index is 4.34. The molecule has 3 heterocycles. The van der Waals surface area contributed by atoms with Gasteiger partial charge in [-0.25, -0.2) is 4.98 Å². The van der Waals surface area contributed by atoms with Gasteiger partial charge in [0, 0.05) is 35.1 Å². The summed E-state index contributed by atoms with van der Waals surface area (Å²) in [7, 11) is 0. The molecule has 0 fully saturated rings. The Kier molecular flexibility index (Phi) is 1.62. The van der Waals surface area contributed by atoms with Crippen LogP contribution in [0.1, 0.15) is 5.69 Å². The maximum Gasteiger partial charge on any atom is 0.137 e. The van der Waals surface area contributed by atoms with Gasteiger partial charge in [-0.15, -0.1) is 0 Å². The number of nitrogens with one attached hydrogen (secondary N) is 2. The zero-order valence-electron chi connectivity index (χ0n) is 8.28.